The Balaban J connectivity index is 0.00000432. The fourth-order valence-corrected chi connectivity index (χ4v) is 5.38. The van der Waals surface area contributed by atoms with Crippen LogP contribution in [0.4, 0.5) is 10.5 Å². The van der Waals surface area contributed by atoms with E-state index in [0.717, 1.165) is 17.6 Å². The first-order valence-corrected chi connectivity index (χ1v) is 13.0. The third-order valence-electron chi connectivity index (χ3n) is 5.41. The van der Waals surface area contributed by atoms with E-state index in [1.54, 1.807) is 0 Å². The number of ether oxygens (including phenoxy) is 1. The molecule has 1 aromatic heterocycles. The number of benzene rings is 1. The lowest BCUT2D eigenvalue weighted by Gasteiger charge is -2.36. The van der Waals surface area contributed by atoms with Crippen LogP contribution in [0.1, 0.15) is 67.9 Å². The molecule has 1 aliphatic heterocycles. The second kappa shape index (κ2) is 10.5. The van der Waals surface area contributed by atoms with E-state index in [-0.39, 0.29) is 21.4 Å². The van der Waals surface area contributed by atoms with Crippen molar-refractivity contribution in [2.45, 2.75) is 84.1 Å². The van der Waals surface area contributed by atoms with E-state index in [2.05, 4.69) is 56.9 Å². The van der Waals surface area contributed by atoms with Gasteiger partial charge in [-0.2, -0.15) is 0 Å². The minimum absolute atomic E-state index is 0. The van der Waals surface area contributed by atoms with Gasteiger partial charge in [-0.25, -0.2) is 9.80 Å². The van der Waals surface area contributed by atoms with E-state index in [4.69, 9.17) is 4.74 Å². The molecule has 0 aliphatic carbocycles. The number of hydrogen-bond donors (Lipinski definition) is 3. The lowest BCUT2D eigenvalue weighted by atomic mass is 9.88. The first-order valence-electron chi connectivity index (χ1n) is 12.1. The normalized spacial score (nSPS) is 15.7. The van der Waals surface area contributed by atoms with Crippen LogP contribution < -0.4 is 10.3 Å². The number of amides is 1. The molecule has 9 heteroatoms. The molecule has 3 rings (SSSR count). The molecule has 0 atom stereocenters. The van der Waals surface area contributed by atoms with Crippen LogP contribution in [0.25, 0.3) is 10.9 Å². The summed E-state index contributed by atoms with van der Waals surface area (Å²) in [5.41, 5.74) is 5.64. The summed E-state index contributed by atoms with van der Waals surface area (Å²) in [6.45, 7) is 21.7. The molecule has 1 amide bonds. The molecule has 1 aromatic carbocycles. The van der Waals surface area contributed by atoms with Gasteiger partial charge in [-0.1, -0.05) is 20.8 Å². The number of nitrogens with one attached hydrogen (secondary N) is 2. The van der Waals surface area contributed by atoms with Crippen molar-refractivity contribution in [1.82, 2.24) is 15.4 Å². The van der Waals surface area contributed by atoms with Crippen LogP contribution in [-0.2, 0) is 22.9 Å². The van der Waals surface area contributed by atoms with Crippen molar-refractivity contribution in [1.29, 1.82) is 0 Å². The topological polar surface area (TPSA) is 111 Å². The second-order valence-corrected chi connectivity index (χ2v) is 14.4. The molecule has 1 fully saturated rings. The molecule has 1 aliphatic rings. The Morgan fingerprint density at radius 1 is 1.06 bits per heavy atom. The summed E-state index contributed by atoms with van der Waals surface area (Å²) in [6.07, 6.45) is 0.524. The van der Waals surface area contributed by atoms with Crippen LogP contribution >= 0.6 is 0 Å². The van der Waals surface area contributed by atoms with Gasteiger partial charge in [0, 0.05) is 48.9 Å². The molecule has 0 unspecified atom stereocenters. The van der Waals surface area contributed by atoms with Gasteiger partial charge in [0.15, 0.2) is 0 Å². The van der Waals surface area contributed by atoms with Gasteiger partial charge in [0.05, 0.1) is 5.52 Å². The van der Waals surface area contributed by atoms with Crippen molar-refractivity contribution in [2.24, 2.45) is 5.41 Å². The summed E-state index contributed by atoms with van der Waals surface area (Å²) in [5, 5.41) is 15.2. The van der Waals surface area contributed by atoms with Gasteiger partial charge >= 0.3 is 6.09 Å². The molecule has 0 bridgehead atoms. The predicted molar refractivity (Wildman–Crippen MR) is 145 cm³/mol. The molecule has 4 N–H and O–H groups in total. The number of phenolic OH excluding ortho intramolecular Hbond substituents is 1. The fourth-order valence-electron chi connectivity index (χ4n) is 4.21. The first-order chi connectivity index (χ1) is 15.5. The number of aromatic amines is 1. The quantitative estimate of drug-likeness (QED) is 0.403. The molecule has 2 aromatic rings. The van der Waals surface area contributed by atoms with Crippen LogP contribution in [0.5, 0.6) is 5.75 Å². The van der Waals surface area contributed by atoms with Gasteiger partial charge in [-0.05, 0) is 65.5 Å². The molecular formula is C26H44N4O4S. The Labute approximate surface area is 214 Å². The van der Waals surface area contributed by atoms with Crippen molar-refractivity contribution in [3.8, 4) is 5.75 Å². The average Bonchev–Trinajstić information content (AvgIpc) is 2.94. The first kappa shape index (κ1) is 29.1. The number of carbonyl (C=O) groups is 1. The minimum atomic E-state index is -0.532. The Kier molecular flexibility index (Phi) is 8.73. The molecule has 1 saturated heterocycles. The maximum Gasteiger partial charge on any atom is 0.422 e. The molecule has 35 heavy (non-hydrogen) atoms. The maximum atomic E-state index is 12.1. The number of aromatic nitrogens is 1. The standard InChI is InChI=1S/C26H42N4O3S.H2O/c1-24(2,3)16-18-17-10-11-19(31)21(20(17)27-22(18)34-26(7,8)9)29-12-14-30(15-13-29)28-23(32)33-25(4,5)6;/h10-11,27,31H,12-16H2,1-9H3,(H,28,32);1H2. The van der Waals surface area contributed by atoms with Gasteiger partial charge < -0.3 is 25.2 Å². The van der Waals surface area contributed by atoms with E-state index in [1.807, 2.05) is 37.9 Å². The van der Waals surface area contributed by atoms with Crippen LogP contribution in [0.2, 0.25) is 0 Å². The second-order valence-electron chi connectivity index (χ2n) is 12.4. The molecule has 0 spiro atoms. The van der Waals surface area contributed by atoms with Gasteiger partial charge in [-0.15, -0.1) is 0 Å². The molecule has 0 radical (unpaired) electrons. The number of aromatic hydroxyl groups is 1. The summed E-state index contributed by atoms with van der Waals surface area (Å²) in [6, 6.07) is 3.87. The smallest absolute Gasteiger partial charge is 0.422 e. The third kappa shape index (κ3) is 7.95. The number of thiol groups is 1. The van der Waals surface area contributed by atoms with Crippen molar-refractivity contribution >= 4 is 34.4 Å². The highest BCUT2D eigenvalue weighted by Gasteiger charge is 2.32. The molecule has 0 saturated carbocycles. The van der Waals surface area contributed by atoms with Gasteiger partial charge in [0.1, 0.15) is 21.8 Å². The third-order valence-corrected chi connectivity index (χ3v) is 6.69. The van der Waals surface area contributed by atoms with Crippen LogP contribution in [0, 0.1) is 5.41 Å². The maximum absolute atomic E-state index is 12.1. The Morgan fingerprint density at radius 3 is 2.17 bits per heavy atom. The Hall–Kier alpha value is -2.10. The van der Waals surface area contributed by atoms with Gasteiger partial charge in [0.2, 0.25) is 5.03 Å². The largest absolute Gasteiger partial charge is 0.870 e. The number of carbonyl (C=O) groups excluding carboxylic acids is 1. The lowest BCUT2D eigenvalue weighted by molar-refractivity contribution is 0.0320. The van der Waals surface area contributed by atoms with Crippen molar-refractivity contribution in [3.05, 3.63) is 17.7 Å². The number of rotatable bonds is 4. The number of piperazine rings is 1. The monoisotopic (exact) mass is 508 g/mol. The zero-order valence-electron chi connectivity index (χ0n) is 22.7. The molecular weight excluding hydrogens is 464 g/mol. The zero-order valence-corrected chi connectivity index (χ0v) is 23.6. The summed E-state index contributed by atoms with van der Waals surface area (Å²) >= 11 is 1.24. The van der Waals surface area contributed by atoms with Gasteiger partial charge in [-0.3, -0.25) is 5.43 Å². The predicted octanol–water partition coefficient (Wildman–Crippen LogP) is 4.82. The highest BCUT2D eigenvalue weighted by Crippen LogP contribution is 2.41. The van der Waals surface area contributed by atoms with Crippen LogP contribution in [0.3, 0.4) is 0 Å². The summed E-state index contributed by atoms with van der Waals surface area (Å²) in [7, 11) is 0. The van der Waals surface area contributed by atoms with Crippen molar-refractivity contribution < 1.29 is 20.1 Å². The van der Waals surface area contributed by atoms with E-state index in [1.165, 1.54) is 27.7 Å². The van der Waals surface area contributed by atoms with E-state index in [0.29, 0.717) is 26.2 Å². The van der Waals surface area contributed by atoms with Crippen molar-refractivity contribution in [3.63, 3.8) is 0 Å². The Morgan fingerprint density at radius 2 is 1.66 bits per heavy atom. The number of nitrogens with zero attached hydrogens (tertiary/aromatic N) is 2. The van der Waals surface area contributed by atoms with Crippen LogP contribution in [0.15, 0.2) is 17.2 Å². The minimum Gasteiger partial charge on any atom is -0.870 e. The zero-order chi connectivity index (χ0) is 25.5. The van der Waals surface area contributed by atoms with E-state index in [9.17, 15) is 9.90 Å². The average molecular weight is 509 g/mol. The van der Waals surface area contributed by atoms with Crippen LogP contribution in [-0.4, -0.2) is 63.2 Å². The molecule has 198 valence electrons. The van der Waals surface area contributed by atoms with Crippen molar-refractivity contribution in [2.75, 3.05) is 31.1 Å². The number of H-pyrrole nitrogens is 1. The van der Waals surface area contributed by atoms with E-state index < -0.39 is 11.7 Å². The number of phenols is 1. The molecule has 8 nitrogen and oxygen atoms in total. The number of hydrazine groups is 1. The number of fused-ring (bicyclic) bond motifs is 1. The lowest BCUT2D eigenvalue weighted by Crippen LogP contribution is -2.54. The highest BCUT2D eigenvalue weighted by molar-refractivity contribution is 7.80. The highest BCUT2D eigenvalue weighted by atomic mass is 32.2. The van der Waals surface area contributed by atoms with E-state index >= 15 is 0 Å². The molecule has 2 heterocycles. The Bertz CT molecular complexity index is 1020. The summed E-state index contributed by atoms with van der Waals surface area (Å²) in [4.78, 5) is 18.1. The van der Waals surface area contributed by atoms with Gasteiger partial charge in [0.25, 0.3) is 0 Å². The number of anilines is 1. The fraction of sp³-hybridized carbons (Fsp3) is 0.654. The SMILES string of the molecule is CC(C)(C)Cc1c([SH+]C(C)(C)C)[nH]c2c(N3CCN(NC(=O)OC(C)(C)C)CC3)c(O)ccc12.[OH-]. The summed E-state index contributed by atoms with van der Waals surface area (Å²) < 4.78 is 5.49. The summed E-state index contributed by atoms with van der Waals surface area (Å²) in [5.74, 6) is 0.281. The number of hydrogen-bond acceptors (Lipinski definition) is 6.